The predicted octanol–water partition coefficient (Wildman–Crippen LogP) is 1.53. The van der Waals surface area contributed by atoms with Gasteiger partial charge in [0.1, 0.15) is 0 Å². The summed E-state index contributed by atoms with van der Waals surface area (Å²) in [5, 5.41) is 0. The molecular formula is C6H7ClO. The minimum absolute atomic E-state index is 0.00799. The van der Waals surface area contributed by atoms with Crippen LogP contribution in [0.2, 0.25) is 0 Å². The molecule has 0 saturated carbocycles. The van der Waals surface area contributed by atoms with Crippen LogP contribution in [0.1, 0.15) is 6.92 Å². The van der Waals surface area contributed by atoms with Crippen LogP contribution < -0.4 is 0 Å². The van der Waals surface area contributed by atoms with Crippen molar-refractivity contribution in [2.24, 2.45) is 0 Å². The van der Waals surface area contributed by atoms with E-state index in [0.29, 0.717) is 5.88 Å². The van der Waals surface area contributed by atoms with E-state index in [2.05, 4.69) is 5.73 Å². The maximum atomic E-state index is 10.1. The van der Waals surface area contributed by atoms with Gasteiger partial charge < -0.3 is 0 Å². The van der Waals surface area contributed by atoms with Crippen molar-refractivity contribution in [1.29, 1.82) is 0 Å². The van der Waals surface area contributed by atoms with Gasteiger partial charge in [0.2, 0.25) is 0 Å². The fourth-order valence-corrected chi connectivity index (χ4v) is 0.310. The van der Waals surface area contributed by atoms with Crippen molar-refractivity contribution in [2.45, 2.75) is 6.92 Å². The summed E-state index contributed by atoms with van der Waals surface area (Å²) in [7, 11) is 0. The molecule has 44 valence electrons. The molecule has 0 aliphatic heterocycles. The van der Waals surface area contributed by atoms with E-state index in [0.717, 1.165) is 0 Å². The van der Waals surface area contributed by atoms with Gasteiger partial charge in [-0.3, -0.25) is 4.79 Å². The van der Waals surface area contributed by atoms with Crippen molar-refractivity contribution in [3.8, 4) is 0 Å². The molecule has 0 radical (unpaired) electrons. The third-order valence-corrected chi connectivity index (χ3v) is 0.636. The average Bonchev–Trinajstić information content (AvgIpc) is 1.66. The van der Waals surface area contributed by atoms with Crippen LogP contribution in [0.3, 0.4) is 0 Å². The highest BCUT2D eigenvalue weighted by Gasteiger charge is 1.74. The minimum Gasteiger partial charge on any atom is -0.294 e. The lowest BCUT2D eigenvalue weighted by molar-refractivity contribution is -0.112. The summed E-state index contributed by atoms with van der Waals surface area (Å²) in [4.78, 5) is 10.1. The Morgan fingerprint density at radius 2 is 2.50 bits per heavy atom. The summed E-state index contributed by atoms with van der Waals surface area (Å²) in [6.07, 6.45) is 2.94. The number of carbonyl (C=O) groups excluding carboxylic acids is 1. The van der Waals surface area contributed by atoms with E-state index in [4.69, 9.17) is 11.6 Å². The van der Waals surface area contributed by atoms with Crippen molar-refractivity contribution >= 4 is 17.4 Å². The second kappa shape index (κ2) is 4.63. The molecule has 0 saturated heterocycles. The summed E-state index contributed by atoms with van der Waals surface area (Å²) in [6, 6.07) is 0. The molecule has 0 spiro atoms. The second-order valence-corrected chi connectivity index (χ2v) is 1.59. The number of rotatable bonds is 2. The molecule has 2 heteroatoms. The first-order chi connectivity index (χ1) is 3.77. The maximum absolute atomic E-state index is 10.1. The number of hydrogen-bond acceptors (Lipinski definition) is 1. The molecule has 0 aliphatic carbocycles. The normalized spacial score (nSPS) is 7.25. The molecule has 8 heavy (non-hydrogen) atoms. The number of carbonyl (C=O) groups is 1. The molecule has 1 nitrogen and oxygen atoms in total. The molecule has 0 aromatic rings. The smallest absolute Gasteiger partial charge is 0.160 e. The van der Waals surface area contributed by atoms with Crippen LogP contribution >= 0.6 is 11.6 Å². The van der Waals surface area contributed by atoms with Gasteiger partial charge in [0, 0.05) is 12.0 Å². The van der Waals surface area contributed by atoms with E-state index in [1.807, 2.05) is 0 Å². The Bertz CT molecular complexity index is 131. The van der Waals surface area contributed by atoms with Gasteiger partial charge in [-0.25, -0.2) is 0 Å². The zero-order valence-electron chi connectivity index (χ0n) is 4.65. The van der Waals surface area contributed by atoms with Crippen LogP contribution in [0.5, 0.6) is 0 Å². The van der Waals surface area contributed by atoms with Gasteiger partial charge in [-0.15, -0.1) is 17.3 Å². The molecule has 0 heterocycles. The Kier molecular flexibility index (Phi) is 4.33. The molecule has 0 amide bonds. The van der Waals surface area contributed by atoms with E-state index in [-0.39, 0.29) is 5.78 Å². The summed E-state index contributed by atoms with van der Waals surface area (Å²) in [5.41, 5.74) is 2.60. The zero-order chi connectivity index (χ0) is 6.41. The van der Waals surface area contributed by atoms with Crippen molar-refractivity contribution in [3.05, 3.63) is 17.9 Å². The fourth-order valence-electron chi connectivity index (χ4n) is 0.221. The van der Waals surface area contributed by atoms with Gasteiger partial charge in [-0.1, -0.05) is 0 Å². The standard InChI is InChI=1S/C6H7ClO/c1-6(8)4-2-3-5-7/h3-4H,5H2,1H3. The molecule has 0 N–H and O–H groups in total. The highest BCUT2D eigenvalue weighted by molar-refractivity contribution is 6.18. The molecule has 0 unspecified atom stereocenters. The highest BCUT2D eigenvalue weighted by Crippen LogP contribution is 1.74. The van der Waals surface area contributed by atoms with Crippen LogP contribution in [0, 0.1) is 0 Å². The van der Waals surface area contributed by atoms with Gasteiger partial charge >= 0.3 is 0 Å². The van der Waals surface area contributed by atoms with Crippen LogP contribution in [-0.4, -0.2) is 11.7 Å². The van der Waals surface area contributed by atoms with Crippen LogP contribution in [0.25, 0.3) is 0 Å². The highest BCUT2D eigenvalue weighted by atomic mass is 35.5. The monoisotopic (exact) mass is 130 g/mol. The summed E-state index contributed by atoms with van der Waals surface area (Å²) >= 11 is 5.24. The molecule has 0 bridgehead atoms. The van der Waals surface area contributed by atoms with Crippen molar-refractivity contribution in [1.82, 2.24) is 0 Å². The summed E-state index contributed by atoms with van der Waals surface area (Å²) in [5.74, 6) is 0.399. The van der Waals surface area contributed by atoms with Crippen LogP contribution in [0.15, 0.2) is 17.9 Å². The van der Waals surface area contributed by atoms with Gasteiger partial charge in [-0.05, 0) is 13.0 Å². The largest absolute Gasteiger partial charge is 0.294 e. The van der Waals surface area contributed by atoms with E-state index in [1.165, 1.54) is 13.0 Å². The SMILES string of the molecule is CC(=O)C=C=CCCl. The predicted molar refractivity (Wildman–Crippen MR) is 34.1 cm³/mol. The van der Waals surface area contributed by atoms with Gasteiger partial charge in [0.25, 0.3) is 0 Å². The van der Waals surface area contributed by atoms with Gasteiger partial charge in [0.15, 0.2) is 5.78 Å². The lowest BCUT2D eigenvalue weighted by atomic mass is 10.4. The van der Waals surface area contributed by atoms with Crippen LogP contribution in [-0.2, 0) is 4.79 Å². The third kappa shape index (κ3) is 5.48. The minimum atomic E-state index is -0.00799. The van der Waals surface area contributed by atoms with Crippen molar-refractivity contribution in [3.63, 3.8) is 0 Å². The van der Waals surface area contributed by atoms with Gasteiger partial charge in [0.05, 0.1) is 0 Å². The molecular weight excluding hydrogens is 124 g/mol. The number of allylic oxidation sites excluding steroid dienone is 1. The van der Waals surface area contributed by atoms with E-state index in [9.17, 15) is 4.79 Å². The summed E-state index contributed by atoms with van der Waals surface area (Å²) in [6.45, 7) is 1.47. The third-order valence-electron chi connectivity index (χ3n) is 0.482. The Balaban J connectivity index is 3.64. The van der Waals surface area contributed by atoms with Crippen LogP contribution in [0.4, 0.5) is 0 Å². The quantitative estimate of drug-likeness (QED) is 0.315. The molecule has 0 rings (SSSR count). The Morgan fingerprint density at radius 3 is 2.88 bits per heavy atom. The number of hydrogen-bond donors (Lipinski definition) is 0. The molecule has 0 atom stereocenters. The molecule has 0 aromatic heterocycles. The first-order valence-electron chi connectivity index (χ1n) is 2.25. The Labute approximate surface area is 53.6 Å². The Morgan fingerprint density at radius 1 is 1.88 bits per heavy atom. The lowest BCUT2D eigenvalue weighted by Gasteiger charge is -1.68. The average molecular weight is 131 g/mol. The second-order valence-electron chi connectivity index (χ2n) is 1.28. The lowest BCUT2D eigenvalue weighted by Crippen LogP contribution is -1.76. The first-order valence-corrected chi connectivity index (χ1v) is 2.78. The van der Waals surface area contributed by atoms with E-state index in [1.54, 1.807) is 6.08 Å². The Hall–Kier alpha value is -0.520. The van der Waals surface area contributed by atoms with Gasteiger partial charge in [-0.2, -0.15) is 0 Å². The topological polar surface area (TPSA) is 17.1 Å². The molecule has 0 fully saturated rings. The van der Waals surface area contributed by atoms with E-state index < -0.39 is 0 Å². The van der Waals surface area contributed by atoms with E-state index >= 15 is 0 Å². The summed E-state index contributed by atoms with van der Waals surface area (Å²) < 4.78 is 0. The van der Waals surface area contributed by atoms with Crippen molar-refractivity contribution in [2.75, 3.05) is 5.88 Å². The van der Waals surface area contributed by atoms with Crippen molar-refractivity contribution < 1.29 is 4.79 Å². The zero-order valence-corrected chi connectivity index (χ0v) is 5.40. The maximum Gasteiger partial charge on any atom is 0.160 e. The first kappa shape index (κ1) is 7.48. The fraction of sp³-hybridized carbons (Fsp3) is 0.333. The number of halogens is 1. The number of ketones is 1. The number of alkyl halides is 1. The molecule has 0 aliphatic rings. The molecule has 0 aromatic carbocycles.